The van der Waals surface area contributed by atoms with E-state index in [4.69, 9.17) is 0 Å². The second-order valence-corrected chi connectivity index (χ2v) is 7.80. The molecule has 0 saturated carbocycles. The molecular formula is C20H27N7O. The fourth-order valence-electron chi connectivity index (χ4n) is 2.88. The maximum Gasteiger partial charge on any atom is 0.320 e. The number of urea groups is 1. The predicted octanol–water partition coefficient (Wildman–Crippen LogP) is 3.26. The standard InChI is InChI=1S/C20H27N7O/c1-20(2,3)17-12-18(26(4)25-17)24-19(28)23-16(15-8-6-5-7-9-15)10-11-27-14-21-13-22-27/h5-9,12-14,16H,10-11H2,1-4H3,(H2,23,24,28)/t16-/m0/s1. The number of aryl methyl sites for hydroxylation is 2. The van der Waals surface area contributed by atoms with E-state index < -0.39 is 0 Å². The average molecular weight is 381 g/mol. The fourth-order valence-corrected chi connectivity index (χ4v) is 2.88. The SMILES string of the molecule is Cn1nc(C(C)(C)C)cc1NC(=O)N[C@@H](CCn1cncn1)c1ccccc1. The zero-order valence-corrected chi connectivity index (χ0v) is 16.8. The molecule has 2 amide bonds. The Labute approximate surface area is 165 Å². The van der Waals surface area contributed by atoms with Crippen LogP contribution in [0.25, 0.3) is 0 Å². The van der Waals surface area contributed by atoms with Gasteiger partial charge in [-0.1, -0.05) is 51.1 Å². The van der Waals surface area contributed by atoms with Crippen LogP contribution in [0.5, 0.6) is 0 Å². The Hall–Kier alpha value is -3.16. The molecule has 3 rings (SSSR count). The molecule has 0 unspecified atom stereocenters. The number of amides is 2. The molecule has 0 bridgehead atoms. The maximum absolute atomic E-state index is 12.7. The molecular weight excluding hydrogens is 354 g/mol. The molecule has 28 heavy (non-hydrogen) atoms. The van der Waals surface area contributed by atoms with E-state index in [9.17, 15) is 4.79 Å². The number of hydrogen-bond acceptors (Lipinski definition) is 4. The number of anilines is 1. The smallest absolute Gasteiger partial charge is 0.320 e. The average Bonchev–Trinajstić information content (AvgIpc) is 3.29. The summed E-state index contributed by atoms with van der Waals surface area (Å²) in [6, 6.07) is 11.4. The molecule has 0 saturated heterocycles. The number of carbonyl (C=O) groups excluding carboxylic acids is 1. The highest BCUT2D eigenvalue weighted by Crippen LogP contribution is 2.23. The van der Waals surface area contributed by atoms with E-state index in [1.165, 1.54) is 6.33 Å². The first-order valence-corrected chi connectivity index (χ1v) is 9.32. The summed E-state index contributed by atoms with van der Waals surface area (Å²) in [5.74, 6) is 0.658. The van der Waals surface area contributed by atoms with Gasteiger partial charge in [0.25, 0.3) is 0 Å². The summed E-state index contributed by atoms with van der Waals surface area (Å²) < 4.78 is 3.44. The van der Waals surface area contributed by atoms with Gasteiger partial charge in [-0.05, 0) is 12.0 Å². The summed E-state index contributed by atoms with van der Waals surface area (Å²) in [6.45, 7) is 6.93. The molecule has 3 aromatic rings. The van der Waals surface area contributed by atoms with Crippen LogP contribution >= 0.6 is 0 Å². The first-order valence-electron chi connectivity index (χ1n) is 9.32. The van der Waals surface area contributed by atoms with Crippen LogP contribution < -0.4 is 10.6 Å². The van der Waals surface area contributed by atoms with Gasteiger partial charge >= 0.3 is 6.03 Å². The summed E-state index contributed by atoms with van der Waals surface area (Å²) in [5.41, 5.74) is 1.88. The van der Waals surface area contributed by atoms with Gasteiger partial charge in [0.2, 0.25) is 0 Å². The molecule has 2 heterocycles. The lowest BCUT2D eigenvalue weighted by molar-refractivity contribution is 0.247. The number of rotatable bonds is 6. The molecule has 0 spiro atoms. The third-order valence-electron chi connectivity index (χ3n) is 4.51. The number of benzene rings is 1. The largest absolute Gasteiger partial charge is 0.331 e. The minimum Gasteiger partial charge on any atom is -0.331 e. The number of carbonyl (C=O) groups is 1. The fraction of sp³-hybridized carbons (Fsp3) is 0.400. The van der Waals surface area contributed by atoms with Crippen LogP contribution in [0.2, 0.25) is 0 Å². The van der Waals surface area contributed by atoms with E-state index in [-0.39, 0.29) is 17.5 Å². The van der Waals surface area contributed by atoms with Crippen molar-refractivity contribution in [2.75, 3.05) is 5.32 Å². The van der Waals surface area contributed by atoms with Gasteiger partial charge in [0.05, 0.1) is 11.7 Å². The van der Waals surface area contributed by atoms with Crippen molar-refractivity contribution in [1.82, 2.24) is 29.9 Å². The Morgan fingerprint density at radius 1 is 1.21 bits per heavy atom. The zero-order chi connectivity index (χ0) is 20.1. The number of hydrogen-bond donors (Lipinski definition) is 2. The molecule has 2 N–H and O–H groups in total. The highest BCUT2D eigenvalue weighted by Gasteiger charge is 2.21. The summed E-state index contributed by atoms with van der Waals surface area (Å²) in [5, 5.41) is 14.6. The number of aromatic nitrogens is 5. The summed E-state index contributed by atoms with van der Waals surface area (Å²) in [7, 11) is 1.82. The molecule has 2 aromatic heterocycles. The van der Waals surface area contributed by atoms with Crippen molar-refractivity contribution in [2.24, 2.45) is 7.05 Å². The molecule has 0 radical (unpaired) electrons. The Kier molecular flexibility index (Phi) is 5.77. The van der Waals surface area contributed by atoms with E-state index in [0.29, 0.717) is 18.8 Å². The van der Waals surface area contributed by atoms with E-state index >= 15 is 0 Å². The lowest BCUT2D eigenvalue weighted by atomic mass is 9.92. The maximum atomic E-state index is 12.7. The van der Waals surface area contributed by atoms with Gasteiger partial charge in [-0.25, -0.2) is 9.78 Å². The molecule has 1 atom stereocenters. The van der Waals surface area contributed by atoms with Crippen LogP contribution in [-0.2, 0) is 19.0 Å². The highest BCUT2D eigenvalue weighted by atomic mass is 16.2. The molecule has 8 nitrogen and oxygen atoms in total. The Morgan fingerprint density at radius 2 is 1.96 bits per heavy atom. The van der Waals surface area contributed by atoms with Gasteiger partial charge < -0.3 is 5.32 Å². The van der Waals surface area contributed by atoms with Crippen molar-refractivity contribution in [1.29, 1.82) is 0 Å². The first kappa shape index (κ1) is 19.6. The monoisotopic (exact) mass is 381 g/mol. The highest BCUT2D eigenvalue weighted by molar-refractivity contribution is 5.88. The molecule has 1 aromatic carbocycles. The van der Waals surface area contributed by atoms with Crippen LogP contribution in [0, 0.1) is 0 Å². The van der Waals surface area contributed by atoms with Crippen LogP contribution in [-0.4, -0.2) is 30.6 Å². The van der Waals surface area contributed by atoms with Gasteiger partial charge in [0, 0.05) is 25.1 Å². The van der Waals surface area contributed by atoms with Crippen LogP contribution in [0.1, 0.15) is 44.5 Å². The lowest BCUT2D eigenvalue weighted by Crippen LogP contribution is -2.33. The predicted molar refractivity (Wildman–Crippen MR) is 108 cm³/mol. The third-order valence-corrected chi connectivity index (χ3v) is 4.51. The van der Waals surface area contributed by atoms with E-state index in [1.54, 1.807) is 15.7 Å². The number of nitrogens with one attached hydrogen (secondary N) is 2. The first-order chi connectivity index (χ1) is 13.3. The topological polar surface area (TPSA) is 89.7 Å². The molecule has 0 aliphatic heterocycles. The number of nitrogens with zero attached hydrogens (tertiary/aromatic N) is 5. The normalized spacial score (nSPS) is 12.6. The molecule has 0 aliphatic carbocycles. The summed E-state index contributed by atoms with van der Waals surface area (Å²) >= 11 is 0. The Bertz CT molecular complexity index is 895. The minimum absolute atomic E-state index is 0.0848. The molecule has 148 valence electrons. The lowest BCUT2D eigenvalue weighted by Gasteiger charge is -2.19. The van der Waals surface area contributed by atoms with Crippen molar-refractivity contribution in [3.8, 4) is 0 Å². The van der Waals surface area contributed by atoms with E-state index in [0.717, 1.165) is 11.3 Å². The van der Waals surface area contributed by atoms with Crippen molar-refractivity contribution in [3.05, 3.63) is 60.3 Å². The van der Waals surface area contributed by atoms with Gasteiger partial charge in [-0.15, -0.1) is 0 Å². The van der Waals surface area contributed by atoms with Gasteiger partial charge in [-0.3, -0.25) is 14.7 Å². The van der Waals surface area contributed by atoms with Crippen molar-refractivity contribution < 1.29 is 4.79 Å². The Morgan fingerprint density at radius 3 is 2.57 bits per heavy atom. The van der Waals surface area contributed by atoms with E-state index in [1.807, 2.05) is 43.4 Å². The second kappa shape index (κ2) is 8.24. The van der Waals surface area contributed by atoms with E-state index in [2.05, 4.69) is 46.6 Å². The summed E-state index contributed by atoms with van der Waals surface area (Å²) in [6.07, 6.45) is 3.87. The van der Waals surface area contributed by atoms with Crippen LogP contribution in [0.4, 0.5) is 10.6 Å². The van der Waals surface area contributed by atoms with Gasteiger partial charge in [0.1, 0.15) is 18.5 Å². The van der Waals surface area contributed by atoms with Gasteiger partial charge in [-0.2, -0.15) is 10.2 Å². The minimum atomic E-state index is -0.268. The third kappa shape index (κ3) is 4.97. The second-order valence-electron chi connectivity index (χ2n) is 7.80. The Balaban J connectivity index is 1.69. The van der Waals surface area contributed by atoms with Crippen molar-refractivity contribution >= 4 is 11.8 Å². The molecule has 0 aliphatic rings. The quantitative estimate of drug-likeness (QED) is 0.686. The van der Waals surface area contributed by atoms with Crippen molar-refractivity contribution in [2.45, 2.75) is 45.2 Å². The summed E-state index contributed by atoms with van der Waals surface area (Å²) in [4.78, 5) is 16.6. The molecule has 0 fully saturated rings. The van der Waals surface area contributed by atoms with Crippen LogP contribution in [0.3, 0.4) is 0 Å². The van der Waals surface area contributed by atoms with Crippen LogP contribution in [0.15, 0.2) is 49.1 Å². The zero-order valence-electron chi connectivity index (χ0n) is 16.8. The molecule has 8 heteroatoms. The van der Waals surface area contributed by atoms with Crippen molar-refractivity contribution in [3.63, 3.8) is 0 Å². The van der Waals surface area contributed by atoms with Gasteiger partial charge in [0.15, 0.2) is 0 Å².